The van der Waals surface area contributed by atoms with Gasteiger partial charge in [-0.1, -0.05) is 11.6 Å². The number of hydrogen-bond acceptors (Lipinski definition) is 4. The Morgan fingerprint density at radius 3 is 2.55 bits per heavy atom. The van der Waals surface area contributed by atoms with E-state index in [1.54, 1.807) is 27.7 Å². The molecule has 1 atom stereocenters. The summed E-state index contributed by atoms with van der Waals surface area (Å²) >= 11 is 5.95. The van der Waals surface area contributed by atoms with Crippen molar-refractivity contribution < 1.29 is 24.2 Å². The van der Waals surface area contributed by atoms with Gasteiger partial charge in [-0.2, -0.15) is 0 Å². The molecule has 0 saturated heterocycles. The molecule has 0 aliphatic heterocycles. The summed E-state index contributed by atoms with van der Waals surface area (Å²) in [6.45, 7) is 7.17. The Kier molecular flexibility index (Phi) is 6.05. The molecule has 0 aliphatic rings. The van der Waals surface area contributed by atoms with Crippen LogP contribution in [0, 0.1) is 0 Å². The van der Waals surface area contributed by atoms with Crippen molar-refractivity contribution in [3.8, 4) is 5.75 Å². The number of carboxylic acids is 1. The molecule has 1 amide bonds. The van der Waals surface area contributed by atoms with Crippen molar-refractivity contribution in [3.05, 3.63) is 28.8 Å². The van der Waals surface area contributed by atoms with Crippen LogP contribution in [0.2, 0.25) is 5.02 Å². The van der Waals surface area contributed by atoms with Crippen LogP contribution in [-0.2, 0) is 4.74 Å². The zero-order chi connectivity index (χ0) is 16.9. The molecule has 1 aromatic rings. The molecule has 0 fully saturated rings. The van der Waals surface area contributed by atoms with E-state index in [1.807, 2.05) is 0 Å². The highest BCUT2D eigenvalue weighted by Gasteiger charge is 2.18. The zero-order valence-electron chi connectivity index (χ0n) is 13.0. The number of hydrogen-bond donors (Lipinski definition) is 2. The summed E-state index contributed by atoms with van der Waals surface area (Å²) in [6, 6.07) is 3.84. The van der Waals surface area contributed by atoms with Crippen LogP contribution in [-0.4, -0.2) is 35.4 Å². The Balaban J connectivity index is 2.57. The minimum absolute atomic E-state index is 0.0761. The lowest BCUT2D eigenvalue weighted by Gasteiger charge is -2.22. The number of carboxylic acid groups (broad SMARTS) is 1. The van der Waals surface area contributed by atoms with Crippen LogP contribution in [0.15, 0.2) is 18.2 Å². The van der Waals surface area contributed by atoms with Crippen molar-refractivity contribution in [2.45, 2.75) is 39.3 Å². The molecule has 6 nitrogen and oxygen atoms in total. The molecular formula is C15H20ClNO5. The van der Waals surface area contributed by atoms with Crippen LogP contribution < -0.4 is 10.1 Å². The molecule has 0 bridgehead atoms. The molecule has 0 radical (unpaired) electrons. The summed E-state index contributed by atoms with van der Waals surface area (Å²) in [5.74, 6) is -0.819. The maximum absolute atomic E-state index is 11.6. The predicted octanol–water partition coefficient (Wildman–Crippen LogP) is 3.33. The van der Waals surface area contributed by atoms with E-state index >= 15 is 0 Å². The monoisotopic (exact) mass is 329 g/mol. The van der Waals surface area contributed by atoms with E-state index in [2.05, 4.69) is 5.32 Å². The number of amides is 1. The normalized spacial score (nSPS) is 12.4. The van der Waals surface area contributed by atoms with Crippen molar-refractivity contribution in [2.75, 3.05) is 6.61 Å². The van der Waals surface area contributed by atoms with Gasteiger partial charge in [0.1, 0.15) is 18.0 Å². The molecule has 7 heteroatoms. The van der Waals surface area contributed by atoms with Gasteiger partial charge in [0.15, 0.2) is 0 Å². The highest BCUT2D eigenvalue weighted by Crippen LogP contribution is 2.25. The third-order valence-electron chi connectivity index (χ3n) is 2.43. The number of ether oxygens (including phenoxy) is 2. The Morgan fingerprint density at radius 1 is 1.36 bits per heavy atom. The topological polar surface area (TPSA) is 84.9 Å². The Labute approximate surface area is 134 Å². The fourth-order valence-corrected chi connectivity index (χ4v) is 1.68. The number of benzene rings is 1. The fraction of sp³-hybridized carbons (Fsp3) is 0.467. The number of halogens is 1. The largest absolute Gasteiger partial charge is 0.490 e. The predicted molar refractivity (Wildman–Crippen MR) is 82.7 cm³/mol. The van der Waals surface area contributed by atoms with Crippen LogP contribution in [0.4, 0.5) is 4.79 Å². The van der Waals surface area contributed by atoms with E-state index in [0.29, 0.717) is 5.02 Å². The standard InChI is InChI=1S/C15H20ClNO5/c1-9(17-14(20)22-15(2,3)4)8-21-12-7-10(13(18)19)5-6-11(12)16/h5-7,9H,8H2,1-4H3,(H,17,20)(H,18,19). The number of nitrogens with one attached hydrogen (secondary N) is 1. The Hall–Kier alpha value is -1.95. The van der Waals surface area contributed by atoms with Crippen LogP contribution >= 0.6 is 11.6 Å². The smallest absolute Gasteiger partial charge is 0.407 e. The fourth-order valence-electron chi connectivity index (χ4n) is 1.51. The minimum atomic E-state index is -1.07. The van der Waals surface area contributed by atoms with Crippen LogP contribution in [0.3, 0.4) is 0 Å². The summed E-state index contributed by atoms with van der Waals surface area (Å²) < 4.78 is 10.6. The average Bonchev–Trinajstić information content (AvgIpc) is 2.34. The maximum atomic E-state index is 11.6. The van der Waals surface area contributed by atoms with Crippen molar-refractivity contribution >= 4 is 23.7 Å². The maximum Gasteiger partial charge on any atom is 0.407 e. The SMILES string of the molecule is CC(COc1cc(C(=O)O)ccc1Cl)NC(=O)OC(C)(C)C. The summed E-state index contributed by atoms with van der Waals surface area (Å²) in [4.78, 5) is 22.5. The number of alkyl carbamates (subject to hydrolysis) is 1. The third kappa shape index (κ3) is 6.22. The van der Waals surface area contributed by atoms with Gasteiger partial charge in [-0.15, -0.1) is 0 Å². The van der Waals surface area contributed by atoms with Gasteiger partial charge >= 0.3 is 12.1 Å². The van der Waals surface area contributed by atoms with Gasteiger partial charge in [-0.25, -0.2) is 9.59 Å². The molecule has 0 aromatic heterocycles. The van der Waals surface area contributed by atoms with Gasteiger partial charge in [0.05, 0.1) is 16.6 Å². The molecule has 122 valence electrons. The summed E-state index contributed by atoms with van der Waals surface area (Å²) in [5.41, 5.74) is -0.504. The highest BCUT2D eigenvalue weighted by atomic mass is 35.5. The lowest BCUT2D eigenvalue weighted by Crippen LogP contribution is -2.40. The molecule has 0 saturated carbocycles. The lowest BCUT2D eigenvalue weighted by atomic mass is 10.2. The number of carbonyl (C=O) groups excluding carboxylic acids is 1. The first-order chi connectivity index (χ1) is 10.1. The first kappa shape index (κ1) is 18.1. The first-order valence-corrected chi connectivity index (χ1v) is 7.11. The van der Waals surface area contributed by atoms with E-state index in [1.165, 1.54) is 18.2 Å². The van der Waals surface area contributed by atoms with Crippen molar-refractivity contribution in [1.82, 2.24) is 5.32 Å². The van der Waals surface area contributed by atoms with Gasteiger partial charge in [0.2, 0.25) is 0 Å². The molecule has 0 aliphatic carbocycles. The molecule has 1 aromatic carbocycles. The van der Waals surface area contributed by atoms with Crippen molar-refractivity contribution in [2.24, 2.45) is 0 Å². The Bertz CT molecular complexity index is 553. The molecule has 22 heavy (non-hydrogen) atoms. The number of rotatable bonds is 5. The van der Waals surface area contributed by atoms with Crippen molar-refractivity contribution in [3.63, 3.8) is 0 Å². The minimum Gasteiger partial charge on any atom is -0.490 e. The zero-order valence-corrected chi connectivity index (χ0v) is 13.7. The van der Waals surface area contributed by atoms with Gasteiger partial charge in [-0.05, 0) is 45.9 Å². The van der Waals surface area contributed by atoms with Gasteiger partial charge in [0.25, 0.3) is 0 Å². The van der Waals surface area contributed by atoms with Gasteiger partial charge in [-0.3, -0.25) is 0 Å². The van der Waals surface area contributed by atoms with E-state index in [9.17, 15) is 9.59 Å². The average molecular weight is 330 g/mol. The molecule has 1 unspecified atom stereocenters. The van der Waals surface area contributed by atoms with Crippen LogP contribution in [0.1, 0.15) is 38.1 Å². The van der Waals surface area contributed by atoms with E-state index in [0.717, 1.165) is 0 Å². The molecule has 2 N–H and O–H groups in total. The summed E-state index contributed by atoms with van der Waals surface area (Å²) in [6.07, 6.45) is -0.547. The summed E-state index contributed by atoms with van der Waals surface area (Å²) in [7, 11) is 0. The van der Waals surface area contributed by atoms with Crippen LogP contribution in [0.25, 0.3) is 0 Å². The third-order valence-corrected chi connectivity index (χ3v) is 2.74. The Morgan fingerprint density at radius 2 is 2.00 bits per heavy atom. The molecular weight excluding hydrogens is 310 g/mol. The second kappa shape index (κ2) is 7.35. The molecule has 0 spiro atoms. The second-order valence-corrected chi connectivity index (χ2v) is 6.22. The molecule has 0 heterocycles. The number of aromatic carboxylic acids is 1. The lowest BCUT2D eigenvalue weighted by molar-refractivity contribution is 0.0493. The number of carbonyl (C=O) groups is 2. The van der Waals surface area contributed by atoms with Gasteiger partial charge in [0, 0.05) is 0 Å². The quantitative estimate of drug-likeness (QED) is 0.865. The summed E-state index contributed by atoms with van der Waals surface area (Å²) in [5, 5.41) is 11.9. The van der Waals surface area contributed by atoms with Gasteiger partial charge < -0.3 is 19.9 Å². The molecule has 1 rings (SSSR count). The highest BCUT2D eigenvalue weighted by molar-refractivity contribution is 6.32. The van der Waals surface area contributed by atoms with Crippen molar-refractivity contribution in [1.29, 1.82) is 0 Å². The second-order valence-electron chi connectivity index (χ2n) is 5.81. The van der Waals surface area contributed by atoms with E-state index in [4.69, 9.17) is 26.2 Å². The van der Waals surface area contributed by atoms with E-state index < -0.39 is 17.7 Å². The van der Waals surface area contributed by atoms with Crippen LogP contribution in [0.5, 0.6) is 5.75 Å². The first-order valence-electron chi connectivity index (χ1n) is 6.73. The van der Waals surface area contributed by atoms with E-state index in [-0.39, 0.29) is 24.0 Å².